The average molecular weight is 432 g/mol. The summed E-state index contributed by atoms with van der Waals surface area (Å²) in [5.74, 6) is -0.708. The topological polar surface area (TPSA) is 38.7 Å². The largest absolute Gasteiger partial charge is 0.508 e. The van der Waals surface area contributed by atoms with E-state index in [9.17, 15) is 13.9 Å². The second-order valence-electron chi connectivity index (χ2n) is 8.81. The molecule has 1 saturated carbocycles. The Morgan fingerprint density at radius 3 is 2.39 bits per heavy atom. The Morgan fingerprint density at radius 2 is 1.71 bits per heavy atom. The molecule has 4 nitrogen and oxygen atoms in total. The maximum atomic E-state index is 14.6. The number of aromatic hydroxyl groups is 1. The molecule has 2 aromatic rings. The van der Waals surface area contributed by atoms with Gasteiger partial charge in [0.25, 0.3) is 0 Å². The first-order valence-corrected chi connectivity index (χ1v) is 10.9. The molecule has 0 bridgehead atoms. The van der Waals surface area contributed by atoms with Crippen molar-refractivity contribution in [3.05, 3.63) is 64.7 Å². The maximum Gasteiger partial charge on any atom is 0.131 e. The Balaban J connectivity index is 0.00000272. The number of rotatable bonds is 6. The van der Waals surface area contributed by atoms with Crippen molar-refractivity contribution < 1.29 is 13.9 Å². The number of hydrogen-bond donors (Lipinski definition) is 2. The van der Waals surface area contributed by atoms with E-state index in [2.05, 4.69) is 22.2 Å². The summed E-state index contributed by atoms with van der Waals surface area (Å²) in [6.45, 7) is 5.36. The van der Waals surface area contributed by atoms with Crippen LogP contribution in [0.4, 0.5) is 8.78 Å². The molecule has 2 N–H and O–H groups in total. The first-order chi connectivity index (χ1) is 14.4. The second-order valence-corrected chi connectivity index (χ2v) is 8.81. The Labute approximate surface area is 184 Å². The summed E-state index contributed by atoms with van der Waals surface area (Å²) in [6, 6.07) is 9.62. The Hall–Kier alpha value is -2.02. The summed E-state index contributed by atoms with van der Waals surface area (Å²) >= 11 is 0. The van der Waals surface area contributed by atoms with Gasteiger partial charge in [0.2, 0.25) is 0 Å². The van der Waals surface area contributed by atoms with Gasteiger partial charge in [-0.25, -0.2) is 8.78 Å². The highest BCUT2D eigenvalue weighted by atomic mass is 19.1. The summed E-state index contributed by atoms with van der Waals surface area (Å²) in [5, 5.41) is 13.9. The molecule has 1 heterocycles. The van der Waals surface area contributed by atoms with Crippen molar-refractivity contribution in [3.63, 3.8) is 0 Å². The van der Waals surface area contributed by atoms with Crippen molar-refractivity contribution in [1.82, 2.24) is 15.1 Å². The summed E-state index contributed by atoms with van der Waals surface area (Å²) < 4.78 is 28.0. The van der Waals surface area contributed by atoms with E-state index in [-0.39, 0.29) is 7.43 Å². The van der Waals surface area contributed by atoms with Gasteiger partial charge in [-0.15, -0.1) is 0 Å². The van der Waals surface area contributed by atoms with Crippen LogP contribution in [0.1, 0.15) is 49.8 Å². The molecule has 1 aliphatic heterocycles. The van der Waals surface area contributed by atoms with Crippen LogP contribution in [0.3, 0.4) is 0 Å². The molecule has 0 atom stereocenters. The van der Waals surface area contributed by atoms with Crippen molar-refractivity contribution in [2.24, 2.45) is 0 Å². The van der Waals surface area contributed by atoms with E-state index < -0.39 is 17.2 Å². The van der Waals surface area contributed by atoms with E-state index in [0.29, 0.717) is 17.9 Å². The van der Waals surface area contributed by atoms with Crippen LogP contribution in [0.2, 0.25) is 0 Å². The van der Waals surface area contributed by atoms with Crippen LogP contribution in [0.15, 0.2) is 36.4 Å². The van der Waals surface area contributed by atoms with Crippen LogP contribution < -0.4 is 5.32 Å². The SMILES string of the molecule is C.CN1CCN(Cc2cc(CNC3(c4ccc(F)cc4F)CCCC3)ccc2O)CC1. The predicted molar refractivity (Wildman–Crippen MR) is 121 cm³/mol. The first kappa shape index (κ1) is 23.6. The van der Waals surface area contributed by atoms with Crippen LogP contribution in [-0.4, -0.2) is 48.1 Å². The van der Waals surface area contributed by atoms with Gasteiger partial charge in [0.05, 0.1) is 0 Å². The average Bonchev–Trinajstić information content (AvgIpc) is 3.20. The monoisotopic (exact) mass is 431 g/mol. The summed E-state index contributed by atoms with van der Waals surface area (Å²) in [4.78, 5) is 4.67. The van der Waals surface area contributed by atoms with Crippen molar-refractivity contribution in [3.8, 4) is 5.75 Å². The molecule has 4 rings (SSSR count). The maximum absolute atomic E-state index is 14.6. The molecule has 1 saturated heterocycles. The van der Waals surface area contributed by atoms with Gasteiger partial charge in [-0.1, -0.05) is 32.4 Å². The quantitative estimate of drug-likeness (QED) is 0.701. The van der Waals surface area contributed by atoms with Gasteiger partial charge < -0.3 is 15.3 Å². The predicted octanol–water partition coefficient (Wildman–Crippen LogP) is 4.61. The zero-order valence-corrected chi connectivity index (χ0v) is 17.6. The van der Waals surface area contributed by atoms with E-state index in [1.54, 1.807) is 12.1 Å². The molecule has 0 amide bonds. The van der Waals surface area contributed by atoms with Gasteiger partial charge in [-0.3, -0.25) is 4.90 Å². The number of likely N-dealkylation sites (N-methyl/N-ethyl adjacent to an activating group) is 1. The van der Waals surface area contributed by atoms with Gasteiger partial charge in [-0.05, 0) is 43.7 Å². The first-order valence-electron chi connectivity index (χ1n) is 10.9. The lowest BCUT2D eigenvalue weighted by Crippen LogP contribution is -2.43. The van der Waals surface area contributed by atoms with Crippen LogP contribution in [0, 0.1) is 11.6 Å². The van der Waals surface area contributed by atoms with Gasteiger partial charge in [-0.2, -0.15) is 0 Å². The van der Waals surface area contributed by atoms with Crippen molar-refractivity contribution in [1.29, 1.82) is 0 Å². The Kier molecular flexibility index (Phi) is 7.68. The fourth-order valence-electron chi connectivity index (χ4n) is 4.79. The molecule has 0 aromatic heterocycles. The van der Waals surface area contributed by atoms with Crippen molar-refractivity contribution in [2.45, 2.75) is 51.7 Å². The van der Waals surface area contributed by atoms with Crippen molar-refractivity contribution in [2.75, 3.05) is 33.2 Å². The van der Waals surface area contributed by atoms with Gasteiger partial charge in [0, 0.05) is 62.0 Å². The smallest absolute Gasteiger partial charge is 0.131 e. The zero-order valence-electron chi connectivity index (χ0n) is 17.6. The number of halogens is 2. The van der Waals surface area contributed by atoms with Crippen molar-refractivity contribution >= 4 is 0 Å². The number of hydrogen-bond acceptors (Lipinski definition) is 4. The summed E-state index contributed by atoms with van der Waals surface area (Å²) in [6.07, 6.45) is 3.71. The molecular weight excluding hydrogens is 396 g/mol. The van der Waals surface area contributed by atoms with Crippen LogP contribution in [0.25, 0.3) is 0 Å². The normalized spacial score (nSPS) is 19.3. The van der Waals surface area contributed by atoms with Gasteiger partial charge in [0.15, 0.2) is 0 Å². The molecule has 170 valence electrons. The van der Waals surface area contributed by atoms with Crippen LogP contribution in [0.5, 0.6) is 5.75 Å². The molecule has 2 aliphatic rings. The number of nitrogens with one attached hydrogen (secondary N) is 1. The minimum absolute atomic E-state index is 0. The van der Waals surface area contributed by atoms with E-state index in [1.807, 2.05) is 12.1 Å². The molecule has 2 aromatic carbocycles. The third-order valence-electron chi connectivity index (χ3n) is 6.67. The third-order valence-corrected chi connectivity index (χ3v) is 6.67. The highest BCUT2D eigenvalue weighted by molar-refractivity contribution is 5.37. The lowest BCUT2D eigenvalue weighted by Gasteiger charge is -2.33. The highest BCUT2D eigenvalue weighted by Crippen LogP contribution is 2.40. The minimum atomic E-state index is -0.545. The molecule has 0 radical (unpaired) electrons. The van der Waals surface area contributed by atoms with Gasteiger partial charge in [0.1, 0.15) is 17.4 Å². The Morgan fingerprint density at radius 1 is 1.00 bits per heavy atom. The van der Waals surface area contributed by atoms with Crippen LogP contribution >= 0.6 is 0 Å². The summed E-state index contributed by atoms with van der Waals surface area (Å²) in [5.41, 5.74) is 2.07. The molecular formula is C25H35F2N3O. The van der Waals surface area contributed by atoms with Gasteiger partial charge >= 0.3 is 0 Å². The zero-order chi connectivity index (χ0) is 21.1. The van der Waals surface area contributed by atoms with E-state index >= 15 is 0 Å². The number of phenols is 1. The Bertz CT molecular complexity index is 875. The van der Waals surface area contributed by atoms with E-state index in [4.69, 9.17) is 0 Å². The standard InChI is InChI=1S/C24H31F2N3O.CH4/c1-28-10-12-29(13-11-28)17-19-14-18(4-7-23(19)30)16-27-24(8-2-3-9-24)21-6-5-20(25)15-22(21)26;/h4-7,14-15,27,30H,2-3,8-13,16-17H2,1H3;1H4. The number of phenolic OH excluding ortho intramolecular Hbond substituents is 1. The van der Waals surface area contributed by atoms with E-state index in [1.165, 1.54) is 6.07 Å². The summed E-state index contributed by atoms with van der Waals surface area (Å²) in [7, 11) is 2.13. The minimum Gasteiger partial charge on any atom is -0.508 e. The van der Waals surface area contributed by atoms with E-state index in [0.717, 1.165) is 75.6 Å². The molecule has 0 unspecified atom stereocenters. The molecule has 6 heteroatoms. The molecule has 2 fully saturated rings. The second kappa shape index (κ2) is 10.1. The number of nitrogens with zero attached hydrogens (tertiary/aromatic N) is 2. The third kappa shape index (κ3) is 5.43. The fourth-order valence-corrected chi connectivity index (χ4v) is 4.79. The fraction of sp³-hybridized carbons (Fsp3) is 0.520. The molecule has 1 aliphatic carbocycles. The molecule has 31 heavy (non-hydrogen) atoms. The molecule has 0 spiro atoms. The lowest BCUT2D eigenvalue weighted by molar-refractivity contribution is 0.147. The lowest BCUT2D eigenvalue weighted by atomic mass is 9.87. The van der Waals surface area contributed by atoms with Crippen LogP contribution in [-0.2, 0) is 18.6 Å². The number of benzene rings is 2. The number of piperazine rings is 1. The highest BCUT2D eigenvalue weighted by Gasteiger charge is 2.37.